The Balaban J connectivity index is 1.02. The lowest BCUT2D eigenvalue weighted by Crippen LogP contribution is -1.96. The van der Waals surface area contributed by atoms with E-state index in [9.17, 15) is 0 Å². The highest BCUT2D eigenvalue weighted by Crippen LogP contribution is 2.46. The van der Waals surface area contributed by atoms with Crippen LogP contribution >= 0.6 is 11.3 Å². The van der Waals surface area contributed by atoms with E-state index in [2.05, 4.69) is 176 Å². The van der Waals surface area contributed by atoms with Crippen LogP contribution in [-0.4, -0.2) is 9.97 Å². The van der Waals surface area contributed by atoms with Gasteiger partial charge in [0.2, 0.25) is 0 Å². The van der Waals surface area contributed by atoms with Crippen LogP contribution in [0.4, 0.5) is 0 Å². The van der Waals surface area contributed by atoms with Crippen molar-refractivity contribution in [1.29, 1.82) is 0 Å². The minimum atomic E-state index is 0.686. The third kappa shape index (κ3) is 5.50. The molecule has 0 aliphatic carbocycles. The Bertz CT molecular complexity index is 3220. The number of aromatic nitrogens is 2. The number of thiophene rings is 1. The summed E-state index contributed by atoms with van der Waals surface area (Å²) in [6.45, 7) is 0. The largest absolute Gasteiger partial charge is 0.455 e. The van der Waals surface area contributed by atoms with Crippen LogP contribution in [0.1, 0.15) is 0 Å². The first-order valence-electron chi connectivity index (χ1n) is 18.8. The molecule has 0 saturated heterocycles. The molecule has 3 heterocycles. The molecule has 0 saturated carbocycles. The van der Waals surface area contributed by atoms with Crippen molar-refractivity contribution in [3.63, 3.8) is 0 Å². The monoisotopic (exact) mass is 732 g/mol. The first-order valence-corrected chi connectivity index (χ1v) is 19.6. The molecule has 4 heteroatoms. The predicted molar refractivity (Wildman–Crippen MR) is 235 cm³/mol. The molecular formula is C52H32N2OS. The first-order chi connectivity index (χ1) is 27.7. The summed E-state index contributed by atoms with van der Waals surface area (Å²) in [6, 6.07) is 68.3. The number of hydrogen-bond acceptors (Lipinski definition) is 4. The third-order valence-electron chi connectivity index (χ3n) is 10.8. The molecule has 11 aromatic rings. The molecule has 0 atom stereocenters. The second kappa shape index (κ2) is 13.3. The second-order valence-corrected chi connectivity index (χ2v) is 15.1. The van der Waals surface area contributed by atoms with E-state index in [-0.39, 0.29) is 0 Å². The Kier molecular flexibility index (Phi) is 7.68. The molecule has 8 aromatic carbocycles. The molecular weight excluding hydrogens is 701 g/mol. The molecule has 0 radical (unpaired) electrons. The van der Waals surface area contributed by atoms with Crippen LogP contribution < -0.4 is 0 Å². The summed E-state index contributed by atoms with van der Waals surface area (Å²) >= 11 is 1.84. The van der Waals surface area contributed by atoms with Crippen molar-refractivity contribution in [2.24, 2.45) is 0 Å². The Hall–Kier alpha value is -7.14. The number of para-hydroxylation sites is 1. The Morgan fingerprint density at radius 1 is 0.375 bits per heavy atom. The van der Waals surface area contributed by atoms with Crippen LogP contribution in [0.2, 0.25) is 0 Å². The lowest BCUT2D eigenvalue weighted by molar-refractivity contribution is 0.670. The number of benzene rings is 8. The van der Waals surface area contributed by atoms with Crippen LogP contribution in [0, 0.1) is 0 Å². The maximum atomic E-state index is 6.74. The van der Waals surface area contributed by atoms with Crippen molar-refractivity contribution in [3.05, 3.63) is 194 Å². The molecule has 11 rings (SSSR count). The summed E-state index contributed by atoms with van der Waals surface area (Å²) in [4.78, 5) is 10.3. The van der Waals surface area contributed by atoms with Gasteiger partial charge in [-0.05, 0) is 46.5 Å². The average Bonchev–Trinajstić information content (AvgIpc) is 3.86. The summed E-state index contributed by atoms with van der Waals surface area (Å²) in [5.74, 6) is 0.686. The molecule has 0 amide bonds. The van der Waals surface area contributed by atoms with E-state index in [1.54, 1.807) is 0 Å². The van der Waals surface area contributed by atoms with Crippen LogP contribution in [0.15, 0.2) is 199 Å². The Labute approximate surface area is 327 Å². The number of rotatable bonds is 6. The molecule has 3 aromatic heterocycles. The molecule has 3 nitrogen and oxygen atoms in total. The fourth-order valence-corrected chi connectivity index (χ4v) is 9.21. The molecule has 0 fully saturated rings. The summed E-state index contributed by atoms with van der Waals surface area (Å²) in [5, 5.41) is 4.79. The molecule has 0 aliphatic rings. The van der Waals surface area contributed by atoms with Gasteiger partial charge in [-0.25, -0.2) is 9.97 Å². The maximum absolute atomic E-state index is 6.74. The highest BCUT2D eigenvalue weighted by molar-refractivity contribution is 7.26. The fourth-order valence-electron chi connectivity index (χ4n) is 7.98. The number of hydrogen-bond donors (Lipinski definition) is 0. The van der Waals surface area contributed by atoms with Gasteiger partial charge in [0.1, 0.15) is 11.2 Å². The minimum absolute atomic E-state index is 0.686. The summed E-state index contributed by atoms with van der Waals surface area (Å²) < 4.78 is 9.31. The van der Waals surface area contributed by atoms with Gasteiger partial charge < -0.3 is 4.42 Å². The summed E-state index contributed by atoms with van der Waals surface area (Å²) in [6.07, 6.45) is 0. The van der Waals surface area contributed by atoms with Crippen molar-refractivity contribution in [2.45, 2.75) is 0 Å². The molecule has 0 aliphatic heterocycles. The normalized spacial score (nSPS) is 11.6. The van der Waals surface area contributed by atoms with Crippen molar-refractivity contribution in [3.8, 4) is 67.3 Å². The van der Waals surface area contributed by atoms with Crippen LogP contribution in [0.5, 0.6) is 0 Å². The third-order valence-corrected chi connectivity index (χ3v) is 12.0. The zero-order valence-corrected chi connectivity index (χ0v) is 31.0. The number of fused-ring (bicyclic) bond motifs is 6. The minimum Gasteiger partial charge on any atom is -0.455 e. The topological polar surface area (TPSA) is 38.9 Å². The first kappa shape index (κ1) is 32.3. The van der Waals surface area contributed by atoms with E-state index >= 15 is 0 Å². The van der Waals surface area contributed by atoms with Crippen molar-refractivity contribution in [1.82, 2.24) is 9.97 Å². The van der Waals surface area contributed by atoms with Gasteiger partial charge in [0.05, 0.1) is 11.4 Å². The molecule has 0 unspecified atom stereocenters. The van der Waals surface area contributed by atoms with Crippen molar-refractivity contribution >= 4 is 53.4 Å². The predicted octanol–water partition coefficient (Wildman–Crippen LogP) is 14.7. The van der Waals surface area contributed by atoms with Crippen molar-refractivity contribution in [2.75, 3.05) is 0 Å². The van der Waals surface area contributed by atoms with E-state index in [0.717, 1.165) is 66.7 Å². The second-order valence-electron chi connectivity index (χ2n) is 14.1. The molecule has 0 N–H and O–H groups in total. The quantitative estimate of drug-likeness (QED) is 0.171. The highest BCUT2D eigenvalue weighted by Gasteiger charge is 2.20. The van der Waals surface area contributed by atoms with Gasteiger partial charge >= 0.3 is 0 Å². The van der Waals surface area contributed by atoms with Crippen LogP contribution in [0.25, 0.3) is 109 Å². The van der Waals surface area contributed by atoms with E-state index in [4.69, 9.17) is 14.4 Å². The number of furan rings is 1. The summed E-state index contributed by atoms with van der Waals surface area (Å²) in [7, 11) is 0. The molecule has 262 valence electrons. The Morgan fingerprint density at radius 3 is 1.70 bits per heavy atom. The van der Waals surface area contributed by atoms with Gasteiger partial charge in [-0.2, -0.15) is 0 Å². The van der Waals surface area contributed by atoms with Crippen molar-refractivity contribution < 1.29 is 4.42 Å². The fraction of sp³-hybridized carbons (Fsp3) is 0. The number of nitrogens with zero attached hydrogens (tertiary/aromatic N) is 2. The maximum Gasteiger partial charge on any atom is 0.160 e. The zero-order valence-electron chi connectivity index (χ0n) is 30.2. The Morgan fingerprint density at radius 2 is 0.929 bits per heavy atom. The molecule has 56 heavy (non-hydrogen) atoms. The highest BCUT2D eigenvalue weighted by atomic mass is 32.1. The molecule has 0 bridgehead atoms. The van der Waals surface area contributed by atoms with Gasteiger partial charge in [-0.1, -0.05) is 170 Å². The average molecular weight is 733 g/mol. The van der Waals surface area contributed by atoms with E-state index in [0.29, 0.717) is 5.82 Å². The SMILES string of the molecule is c1ccc(-c2ccc(-c3cc(-c4ccccc4)nc(-c4ccc(-c5ccc(-c6cccc7c6sc6ccccc67)c6oc7ccccc7c56)cc4)n3)cc2)cc1. The lowest BCUT2D eigenvalue weighted by atomic mass is 9.93. The standard InChI is InChI=1S/C52H32N2OS/c1-3-12-33(13-4-1)34-22-26-37(27-23-34)46-32-45(36-14-5-2-6-15-36)53-52(54-46)38-28-24-35(25-29-38)39-30-31-41(50-49(39)44-17-7-9-20-47(44)55-50)43-19-11-18-42-40-16-8-10-21-48(40)56-51(42)43/h1-32H. The van der Waals surface area contributed by atoms with E-state index in [1.165, 1.54) is 36.9 Å². The van der Waals surface area contributed by atoms with Gasteiger partial charge in [-0.3, -0.25) is 0 Å². The summed E-state index contributed by atoms with van der Waals surface area (Å²) in [5.41, 5.74) is 13.5. The van der Waals surface area contributed by atoms with E-state index < -0.39 is 0 Å². The van der Waals surface area contributed by atoms with Gasteiger partial charge in [-0.15, -0.1) is 11.3 Å². The molecule has 0 spiro atoms. The van der Waals surface area contributed by atoms with Gasteiger partial charge in [0, 0.05) is 58.8 Å². The lowest BCUT2D eigenvalue weighted by Gasteiger charge is -2.12. The smallest absolute Gasteiger partial charge is 0.160 e. The van der Waals surface area contributed by atoms with E-state index in [1.807, 2.05) is 29.5 Å². The zero-order chi connectivity index (χ0) is 37.0. The van der Waals surface area contributed by atoms with Crippen LogP contribution in [-0.2, 0) is 0 Å². The van der Waals surface area contributed by atoms with Gasteiger partial charge in [0.25, 0.3) is 0 Å². The van der Waals surface area contributed by atoms with Crippen LogP contribution in [0.3, 0.4) is 0 Å². The van der Waals surface area contributed by atoms with Gasteiger partial charge in [0.15, 0.2) is 5.82 Å².